The van der Waals surface area contributed by atoms with Crippen LogP contribution in [0, 0.1) is 0 Å². The van der Waals surface area contributed by atoms with E-state index in [0.717, 1.165) is 18.7 Å². The minimum absolute atomic E-state index is 0.228. The Hall–Kier alpha value is -5.05. The number of fused-ring (bicyclic) bond motifs is 2. The lowest BCUT2D eigenvalue weighted by Crippen LogP contribution is -2.25. The molecule has 0 fully saturated rings. The van der Waals surface area contributed by atoms with Gasteiger partial charge in [0.2, 0.25) is 0 Å². The van der Waals surface area contributed by atoms with E-state index in [-0.39, 0.29) is 5.25 Å². The molecule has 0 saturated carbocycles. The van der Waals surface area contributed by atoms with Crippen LogP contribution in [0.3, 0.4) is 0 Å². The summed E-state index contributed by atoms with van der Waals surface area (Å²) in [6, 6.07) is 56.8. The van der Waals surface area contributed by atoms with E-state index in [1.807, 2.05) is 0 Å². The Bertz CT molecular complexity index is 2110. The fourth-order valence-corrected chi connectivity index (χ4v) is 12.9. The third-order valence-electron chi connectivity index (χ3n) is 10.3. The average Bonchev–Trinajstić information content (AvgIpc) is 3.51. The van der Waals surface area contributed by atoms with E-state index in [2.05, 4.69) is 189 Å². The zero-order valence-corrected chi connectivity index (χ0v) is 29.2. The molecule has 49 heavy (non-hydrogen) atoms. The minimum Gasteiger partial charge on any atom is -0.341 e. The van der Waals surface area contributed by atoms with Gasteiger partial charge in [-0.1, -0.05) is 139 Å². The first-order valence-corrected chi connectivity index (χ1v) is 19.4. The van der Waals surface area contributed by atoms with Crippen molar-refractivity contribution < 1.29 is 0 Å². The fraction of sp³-hybridized carbons (Fsp3) is 0.149. The van der Waals surface area contributed by atoms with Crippen molar-refractivity contribution in [1.29, 1.82) is 0 Å². The number of nitrogens with zero attached hydrogens (tertiary/aromatic N) is 1. The quantitative estimate of drug-likeness (QED) is 0.158. The molecule has 8 rings (SSSR count). The first-order chi connectivity index (χ1) is 24.2. The summed E-state index contributed by atoms with van der Waals surface area (Å²) in [5.41, 5.74) is 13.7. The SMILES string of the molecule is C/C=C/c1c(CS(c2ccccc2)(c2ccccc2)C2C(C)=Cc3c2cccc3N2CCCc3ccccc32)cccc1-c1ccccc1. The second kappa shape index (κ2) is 13.5. The highest BCUT2D eigenvalue weighted by Gasteiger charge is 2.43. The van der Waals surface area contributed by atoms with Gasteiger partial charge in [-0.05, 0) is 106 Å². The predicted octanol–water partition coefficient (Wildman–Crippen LogP) is 13.1. The summed E-state index contributed by atoms with van der Waals surface area (Å²) >= 11 is 0. The highest BCUT2D eigenvalue weighted by Crippen LogP contribution is 2.76. The molecule has 6 aromatic rings. The van der Waals surface area contributed by atoms with E-state index >= 15 is 0 Å². The van der Waals surface area contributed by atoms with Gasteiger partial charge in [0.1, 0.15) is 0 Å². The first-order valence-electron chi connectivity index (χ1n) is 17.6. The zero-order chi connectivity index (χ0) is 33.2. The number of aryl methyl sites for hydroxylation is 1. The standard InChI is InChI=1S/C47H43NS/c1-3-18-41-38(22-15-28-42(41)36-19-7-4-8-20-36)34-49(39-24-9-5-10-25-39,40-26-11-6-12-27-40)47-35(2)33-44-43(47)29-16-31-46(44)48-32-17-23-37-21-13-14-30-45(37)48/h3-16,18-22,24-31,33,47H,17,23,32,34H2,1-2H3/b18-3+. The molecule has 0 bridgehead atoms. The Labute approximate surface area is 293 Å². The Kier molecular flexibility index (Phi) is 8.58. The molecule has 0 N–H and O–H groups in total. The van der Waals surface area contributed by atoms with Crippen LogP contribution >= 0.6 is 10.0 Å². The largest absolute Gasteiger partial charge is 0.341 e. The second-order valence-electron chi connectivity index (χ2n) is 13.2. The number of hydrogen-bond donors (Lipinski definition) is 0. The fourth-order valence-electron chi connectivity index (χ4n) is 8.26. The normalized spacial score (nSPS) is 15.9. The summed E-state index contributed by atoms with van der Waals surface area (Å²) < 4.78 is 0. The molecule has 0 aromatic heterocycles. The number of hydrogen-bond acceptors (Lipinski definition) is 1. The average molecular weight is 654 g/mol. The van der Waals surface area contributed by atoms with Crippen LogP contribution in [-0.4, -0.2) is 6.54 Å². The molecular weight excluding hydrogens is 611 g/mol. The highest BCUT2D eigenvalue weighted by atomic mass is 32.3. The van der Waals surface area contributed by atoms with Crippen molar-refractivity contribution in [3.8, 4) is 11.1 Å². The molecular formula is C47H43NS. The molecule has 0 spiro atoms. The Morgan fingerprint density at radius 2 is 1.31 bits per heavy atom. The molecule has 1 aliphatic heterocycles. The van der Waals surface area contributed by atoms with Crippen LogP contribution in [0.5, 0.6) is 0 Å². The van der Waals surface area contributed by atoms with Gasteiger partial charge in [0.15, 0.2) is 0 Å². The number of rotatable bonds is 8. The Balaban J connectivity index is 1.37. The van der Waals surface area contributed by atoms with E-state index in [1.54, 1.807) is 0 Å². The van der Waals surface area contributed by atoms with Crippen molar-refractivity contribution in [1.82, 2.24) is 0 Å². The van der Waals surface area contributed by atoms with Gasteiger partial charge in [0, 0.05) is 34.5 Å². The van der Waals surface area contributed by atoms with Gasteiger partial charge >= 0.3 is 0 Å². The molecule has 1 unspecified atom stereocenters. The van der Waals surface area contributed by atoms with E-state index in [4.69, 9.17) is 0 Å². The summed E-state index contributed by atoms with van der Waals surface area (Å²) in [5, 5.41) is 0.228. The molecule has 1 atom stereocenters. The van der Waals surface area contributed by atoms with E-state index in [0.29, 0.717) is 0 Å². The third kappa shape index (κ3) is 5.55. The monoisotopic (exact) mass is 653 g/mol. The van der Waals surface area contributed by atoms with Crippen molar-refractivity contribution >= 4 is 33.6 Å². The molecule has 1 nitrogen and oxygen atoms in total. The van der Waals surface area contributed by atoms with Gasteiger partial charge < -0.3 is 4.90 Å². The van der Waals surface area contributed by atoms with E-state index in [9.17, 15) is 0 Å². The lowest BCUT2D eigenvalue weighted by Gasteiger charge is -2.48. The number of para-hydroxylation sites is 1. The van der Waals surface area contributed by atoms with Crippen LogP contribution in [0.2, 0.25) is 0 Å². The Morgan fingerprint density at radius 3 is 2.02 bits per heavy atom. The van der Waals surface area contributed by atoms with Crippen molar-refractivity contribution in [2.24, 2.45) is 0 Å². The lowest BCUT2D eigenvalue weighted by atomic mass is 9.95. The van der Waals surface area contributed by atoms with Gasteiger partial charge in [-0.2, -0.15) is 10.0 Å². The van der Waals surface area contributed by atoms with Crippen LogP contribution in [0.25, 0.3) is 23.3 Å². The highest BCUT2D eigenvalue weighted by molar-refractivity contribution is 8.33. The Morgan fingerprint density at radius 1 is 0.673 bits per heavy atom. The molecule has 2 aliphatic rings. The van der Waals surface area contributed by atoms with Crippen LogP contribution in [0.15, 0.2) is 173 Å². The molecule has 0 radical (unpaired) electrons. The smallest absolute Gasteiger partial charge is 0.0487 e. The van der Waals surface area contributed by atoms with Gasteiger partial charge in [0.25, 0.3) is 0 Å². The molecule has 1 heterocycles. The van der Waals surface area contributed by atoms with Gasteiger partial charge in [-0.3, -0.25) is 0 Å². The second-order valence-corrected chi connectivity index (χ2v) is 16.5. The molecule has 0 saturated heterocycles. The number of anilines is 2. The van der Waals surface area contributed by atoms with Crippen LogP contribution in [-0.2, 0) is 12.2 Å². The lowest BCUT2D eigenvalue weighted by molar-refractivity contribution is 0.766. The van der Waals surface area contributed by atoms with Gasteiger partial charge in [0.05, 0.1) is 0 Å². The van der Waals surface area contributed by atoms with Crippen LogP contribution in [0.1, 0.15) is 53.3 Å². The predicted molar refractivity (Wildman–Crippen MR) is 212 cm³/mol. The minimum atomic E-state index is -1.72. The molecule has 2 heteroatoms. The first kappa shape index (κ1) is 31.2. The van der Waals surface area contributed by atoms with Crippen LogP contribution < -0.4 is 4.90 Å². The third-order valence-corrected chi connectivity index (χ3v) is 14.7. The van der Waals surface area contributed by atoms with Crippen molar-refractivity contribution in [2.75, 3.05) is 11.4 Å². The number of allylic oxidation sites excluding steroid dienone is 1. The number of benzene rings is 6. The summed E-state index contributed by atoms with van der Waals surface area (Å²) in [6.45, 7) is 5.57. The molecule has 242 valence electrons. The summed E-state index contributed by atoms with van der Waals surface area (Å²) in [7, 11) is -1.72. The topological polar surface area (TPSA) is 3.24 Å². The maximum absolute atomic E-state index is 2.58. The molecule has 6 aromatic carbocycles. The van der Waals surface area contributed by atoms with Gasteiger partial charge in [-0.25, -0.2) is 0 Å². The molecule has 0 amide bonds. The van der Waals surface area contributed by atoms with E-state index < -0.39 is 10.0 Å². The maximum atomic E-state index is 2.58. The van der Waals surface area contributed by atoms with Crippen molar-refractivity contribution in [3.05, 3.63) is 191 Å². The zero-order valence-electron chi connectivity index (χ0n) is 28.4. The summed E-state index contributed by atoms with van der Waals surface area (Å²) in [5.74, 6) is 0.938. The van der Waals surface area contributed by atoms with E-state index in [1.165, 1.54) is 72.1 Å². The van der Waals surface area contributed by atoms with Crippen molar-refractivity contribution in [3.63, 3.8) is 0 Å². The maximum Gasteiger partial charge on any atom is 0.0487 e. The summed E-state index contributed by atoms with van der Waals surface area (Å²) in [4.78, 5) is 5.44. The van der Waals surface area contributed by atoms with Gasteiger partial charge in [-0.15, -0.1) is 0 Å². The van der Waals surface area contributed by atoms with Crippen LogP contribution in [0.4, 0.5) is 11.4 Å². The molecule has 1 aliphatic carbocycles. The van der Waals surface area contributed by atoms with Crippen molar-refractivity contribution in [2.45, 2.75) is 47.5 Å². The summed E-state index contributed by atoms with van der Waals surface area (Å²) in [6.07, 6.45) is 9.36.